The molecule has 0 radical (unpaired) electrons. The average molecular weight is 305 g/mol. The van der Waals surface area contributed by atoms with Crippen molar-refractivity contribution < 1.29 is 13.5 Å². The van der Waals surface area contributed by atoms with Gasteiger partial charge in [0.25, 0.3) is 0 Å². The standard InChI is InChI=1S/C16H19NO3S/c1-12-6-5-7-13(10-12)15(18)11-17-14-8-3-4-9-16(14)21(2,19)20/h3-10,15,17-18H,11H2,1-2H3. The summed E-state index contributed by atoms with van der Waals surface area (Å²) in [4.78, 5) is 0.237. The van der Waals surface area contributed by atoms with Gasteiger partial charge in [-0.15, -0.1) is 0 Å². The number of benzene rings is 2. The molecule has 0 saturated heterocycles. The van der Waals surface area contributed by atoms with E-state index in [1.807, 2.05) is 31.2 Å². The van der Waals surface area contributed by atoms with Gasteiger partial charge in [-0.1, -0.05) is 42.0 Å². The smallest absolute Gasteiger partial charge is 0.177 e. The van der Waals surface area contributed by atoms with Crippen molar-refractivity contribution in [2.24, 2.45) is 0 Å². The Kier molecular flexibility index (Phi) is 4.65. The highest BCUT2D eigenvalue weighted by Crippen LogP contribution is 2.22. The lowest BCUT2D eigenvalue weighted by Crippen LogP contribution is -2.14. The Morgan fingerprint density at radius 3 is 2.52 bits per heavy atom. The second kappa shape index (κ2) is 6.28. The van der Waals surface area contributed by atoms with E-state index < -0.39 is 15.9 Å². The fraction of sp³-hybridized carbons (Fsp3) is 0.250. The molecule has 0 fully saturated rings. The Morgan fingerprint density at radius 2 is 1.86 bits per heavy atom. The number of hydrogen-bond acceptors (Lipinski definition) is 4. The largest absolute Gasteiger partial charge is 0.387 e. The molecule has 2 aromatic rings. The van der Waals surface area contributed by atoms with E-state index in [1.165, 1.54) is 6.26 Å². The molecule has 4 nitrogen and oxygen atoms in total. The molecule has 5 heteroatoms. The van der Waals surface area contributed by atoms with E-state index in [0.29, 0.717) is 5.69 Å². The number of para-hydroxylation sites is 1. The Hall–Kier alpha value is -1.85. The number of aliphatic hydroxyl groups excluding tert-OH is 1. The first-order chi connectivity index (χ1) is 9.88. The van der Waals surface area contributed by atoms with E-state index in [2.05, 4.69) is 5.32 Å². The van der Waals surface area contributed by atoms with E-state index in [9.17, 15) is 13.5 Å². The monoisotopic (exact) mass is 305 g/mol. The molecule has 21 heavy (non-hydrogen) atoms. The third-order valence-electron chi connectivity index (χ3n) is 3.20. The Bertz CT molecular complexity index is 726. The van der Waals surface area contributed by atoms with Crippen molar-refractivity contribution in [3.8, 4) is 0 Å². The van der Waals surface area contributed by atoms with Gasteiger partial charge in [0.15, 0.2) is 9.84 Å². The fourth-order valence-corrected chi connectivity index (χ4v) is 3.00. The molecule has 0 spiro atoms. The average Bonchev–Trinajstić information content (AvgIpc) is 2.44. The Morgan fingerprint density at radius 1 is 1.14 bits per heavy atom. The summed E-state index contributed by atoms with van der Waals surface area (Å²) >= 11 is 0. The van der Waals surface area contributed by atoms with Crippen molar-refractivity contribution in [1.29, 1.82) is 0 Å². The van der Waals surface area contributed by atoms with Crippen LogP contribution in [0.2, 0.25) is 0 Å². The van der Waals surface area contributed by atoms with Crippen molar-refractivity contribution in [2.45, 2.75) is 17.9 Å². The Balaban J connectivity index is 2.14. The minimum absolute atomic E-state index is 0.237. The van der Waals surface area contributed by atoms with Crippen molar-refractivity contribution in [2.75, 3.05) is 18.1 Å². The highest BCUT2D eigenvalue weighted by Gasteiger charge is 2.14. The molecule has 0 aromatic heterocycles. The molecular weight excluding hydrogens is 286 g/mol. The van der Waals surface area contributed by atoms with E-state index in [0.717, 1.165) is 11.1 Å². The summed E-state index contributed by atoms with van der Waals surface area (Å²) in [6.07, 6.45) is 0.474. The first kappa shape index (κ1) is 15.5. The summed E-state index contributed by atoms with van der Waals surface area (Å²) < 4.78 is 23.4. The second-order valence-corrected chi connectivity index (χ2v) is 7.06. The summed E-state index contributed by atoms with van der Waals surface area (Å²) in [5.41, 5.74) is 2.38. The van der Waals surface area contributed by atoms with Crippen LogP contribution in [0.25, 0.3) is 0 Å². The van der Waals surface area contributed by atoms with E-state index in [-0.39, 0.29) is 11.4 Å². The minimum Gasteiger partial charge on any atom is -0.387 e. The summed E-state index contributed by atoms with van der Waals surface area (Å²) in [6.45, 7) is 2.21. The highest BCUT2D eigenvalue weighted by atomic mass is 32.2. The molecule has 0 amide bonds. The van der Waals surface area contributed by atoms with Crippen LogP contribution in [-0.2, 0) is 9.84 Å². The van der Waals surface area contributed by atoms with Crippen LogP contribution < -0.4 is 5.32 Å². The van der Waals surface area contributed by atoms with Gasteiger partial charge in [-0.05, 0) is 24.6 Å². The predicted octanol–water partition coefficient (Wildman–Crippen LogP) is 2.54. The number of hydrogen-bond donors (Lipinski definition) is 2. The zero-order chi connectivity index (χ0) is 15.5. The predicted molar refractivity (Wildman–Crippen MR) is 84.2 cm³/mol. The van der Waals surface area contributed by atoms with Crippen LogP contribution in [0.1, 0.15) is 17.2 Å². The van der Waals surface area contributed by atoms with Crippen LogP contribution in [0.15, 0.2) is 53.4 Å². The lowest BCUT2D eigenvalue weighted by Gasteiger charge is -2.15. The number of anilines is 1. The van der Waals surface area contributed by atoms with Crippen LogP contribution >= 0.6 is 0 Å². The van der Waals surface area contributed by atoms with Gasteiger partial charge in [0, 0.05) is 12.8 Å². The summed E-state index contributed by atoms with van der Waals surface area (Å²) in [5, 5.41) is 13.2. The van der Waals surface area contributed by atoms with Gasteiger partial charge >= 0.3 is 0 Å². The number of nitrogens with one attached hydrogen (secondary N) is 1. The molecule has 2 N–H and O–H groups in total. The van der Waals surface area contributed by atoms with Crippen LogP contribution in [0, 0.1) is 6.92 Å². The lowest BCUT2D eigenvalue weighted by molar-refractivity contribution is 0.191. The van der Waals surface area contributed by atoms with Gasteiger partial charge in [0.1, 0.15) is 0 Å². The molecule has 0 saturated carbocycles. The zero-order valence-corrected chi connectivity index (χ0v) is 12.9. The maximum absolute atomic E-state index is 11.7. The van der Waals surface area contributed by atoms with Gasteiger partial charge in [0.05, 0.1) is 16.7 Å². The molecule has 0 aliphatic heterocycles. The molecule has 1 atom stereocenters. The van der Waals surface area contributed by atoms with Crippen molar-refractivity contribution >= 4 is 15.5 Å². The first-order valence-electron chi connectivity index (χ1n) is 6.65. The van der Waals surface area contributed by atoms with E-state index >= 15 is 0 Å². The second-order valence-electron chi connectivity index (χ2n) is 5.08. The molecule has 0 heterocycles. The SMILES string of the molecule is Cc1cccc(C(O)CNc2ccccc2S(C)(=O)=O)c1. The van der Waals surface area contributed by atoms with Crippen LogP contribution in [0.4, 0.5) is 5.69 Å². The van der Waals surface area contributed by atoms with Crippen LogP contribution in [0.5, 0.6) is 0 Å². The van der Waals surface area contributed by atoms with Gasteiger partial charge in [-0.25, -0.2) is 8.42 Å². The normalized spacial score (nSPS) is 12.9. The summed E-state index contributed by atoms with van der Waals surface area (Å²) in [5.74, 6) is 0. The van der Waals surface area contributed by atoms with Gasteiger partial charge in [0.2, 0.25) is 0 Å². The first-order valence-corrected chi connectivity index (χ1v) is 8.54. The highest BCUT2D eigenvalue weighted by molar-refractivity contribution is 7.90. The summed E-state index contributed by atoms with van der Waals surface area (Å²) in [7, 11) is -3.30. The molecule has 2 aromatic carbocycles. The van der Waals surface area contributed by atoms with E-state index in [4.69, 9.17) is 0 Å². The van der Waals surface area contributed by atoms with E-state index in [1.54, 1.807) is 24.3 Å². The van der Waals surface area contributed by atoms with Crippen LogP contribution in [-0.4, -0.2) is 26.3 Å². The quantitative estimate of drug-likeness (QED) is 0.891. The molecule has 0 aliphatic rings. The summed E-state index contributed by atoms with van der Waals surface area (Å²) in [6, 6.07) is 14.3. The maximum atomic E-state index is 11.7. The molecule has 2 rings (SSSR count). The lowest BCUT2D eigenvalue weighted by atomic mass is 10.1. The number of sulfone groups is 1. The van der Waals surface area contributed by atoms with Crippen molar-refractivity contribution in [3.63, 3.8) is 0 Å². The molecule has 0 aliphatic carbocycles. The molecule has 112 valence electrons. The minimum atomic E-state index is -3.30. The number of aryl methyl sites for hydroxylation is 1. The van der Waals surface area contributed by atoms with Crippen molar-refractivity contribution in [3.05, 3.63) is 59.7 Å². The van der Waals surface area contributed by atoms with Crippen LogP contribution in [0.3, 0.4) is 0 Å². The van der Waals surface area contributed by atoms with Gasteiger partial charge in [-0.3, -0.25) is 0 Å². The number of aliphatic hydroxyl groups is 1. The molecule has 1 unspecified atom stereocenters. The Labute approximate surface area is 125 Å². The van der Waals surface area contributed by atoms with Crippen molar-refractivity contribution in [1.82, 2.24) is 0 Å². The number of rotatable bonds is 5. The fourth-order valence-electron chi connectivity index (χ4n) is 2.14. The molecule has 0 bridgehead atoms. The van der Waals surface area contributed by atoms with Gasteiger partial charge < -0.3 is 10.4 Å². The third kappa shape index (κ3) is 4.06. The zero-order valence-electron chi connectivity index (χ0n) is 12.1. The third-order valence-corrected chi connectivity index (χ3v) is 4.35. The molecular formula is C16H19NO3S. The van der Waals surface area contributed by atoms with Gasteiger partial charge in [-0.2, -0.15) is 0 Å². The maximum Gasteiger partial charge on any atom is 0.177 e. The topological polar surface area (TPSA) is 66.4 Å².